The summed E-state index contributed by atoms with van der Waals surface area (Å²) in [7, 11) is 5.77. The highest BCUT2D eigenvalue weighted by Gasteiger charge is 2.29. The van der Waals surface area contributed by atoms with Crippen molar-refractivity contribution in [2.24, 2.45) is 0 Å². The Bertz CT molecular complexity index is 1660. The van der Waals surface area contributed by atoms with Crippen LogP contribution in [0.2, 0.25) is 0 Å². The largest absolute Gasteiger partial charge is 0.389 e. The van der Waals surface area contributed by atoms with E-state index in [4.69, 9.17) is 4.98 Å². The van der Waals surface area contributed by atoms with E-state index in [-0.39, 0.29) is 12.5 Å². The lowest BCUT2D eigenvalue weighted by molar-refractivity contribution is -0.148. The molecule has 0 N–H and O–H groups in total. The summed E-state index contributed by atoms with van der Waals surface area (Å²) in [6, 6.07) is 19.4. The second kappa shape index (κ2) is 12.9. The molecule has 0 radical (unpaired) electrons. The standard InChI is InChI=1S/C33H35F3N6O2/c1-39(2)27-12-8-24(9-13-27)22-40(3)32(44)26-10-6-23(7-11-26)21-29-37-31-28(5-4-18-42(31)38-29)25-15-19-41(20-16-25)30(43)14-17-33(34,35)36/h4-13,15,18H,14,16-17,19-22H2,1-3H3. The number of carbonyl (C=O) groups excluding carboxylic acids is 2. The van der Waals surface area contributed by atoms with Gasteiger partial charge < -0.3 is 14.7 Å². The lowest BCUT2D eigenvalue weighted by Gasteiger charge is -2.27. The minimum absolute atomic E-state index is 0.0647. The molecule has 1 aliphatic heterocycles. The van der Waals surface area contributed by atoms with Gasteiger partial charge in [-0.1, -0.05) is 30.3 Å². The highest BCUT2D eigenvalue weighted by atomic mass is 19.4. The summed E-state index contributed by atoms with van der Waals surface area (Å²) in [5.74, 6) is 0.0650. The fourth-order valence-corrected chi connectivity index (χ4v) is 5.24. The third-order valence-corrected chi connectivity index (χ3v) is 7.72. The fraction of sp³-hybridized carbons (Fsp3) is 0.333. The number of rotatable bonds is 9. The number of hydrogen-bond donors (Lipinski definition) is 0. The number of nitrogens with zero attached hydrogens (tertiary/aromatic N) is 6. The summed E-state index contributed by atoms with van der Waals surface area (Å²) in [6.45, 7) is 1.12. The molecule has 0 bridgehead atoms. The van der Waals surface area contributed by atoms with Gasteiger partial charge in [-0.25, -0.2) is 9.50 Å². The highest BCUT2D eigenvalue weighted by molar-refractivity contribution is 5.94. The molecule has 5 rings (SSSR count). The molecule has 4 aromatic rings. The van der Waals surface area contributed by atoms with Crippen LogP contribution in [0, 0.1) is 0 Å². The molecule has 2 amide bonds. The Labute approximate surface area is 254 Å². The molecule has 0 aliphatic carbocycles. The third-order valence-electron chi connectivity index (χ3n) is 7.72. The summed E-state index contributed by atoms with van der Waals surface area (Å²) in [5.41, 5.74) is 6.26. The third kappa shape index (κ3) is 7.45. The second-order valence-corrected chi connectivity index (χ2v) is 11.2. The molecule has 3 heterocycles. The number of carbonyl (C=O) groups is 2. The topological polar surface area (TPSA) is 74.0 Å². The van der Waals surface area contributed by atoms with Crippen molar-refractivity contribution in [3.8, 4) is 0 Å². The van der Waals surface area contributed by atoms with E-state index < -0.39 is 24.9 Å². The van der Waals surface area contributed by atoms with Gasteiger partial charge in [0, 0.05) is 76.6 Å². The molecule has 8 nitrogen and oxygen atoms in total. The van der Waals surface area contributed by atoms with Crippen molar-refractivity contribution in [2.45, 2.75) is 38.4 Å². The van der Waals surface area contributed by atoms with Gasteiger partial charge in [0.25, 0.3) is 5.91 Å². The highest BCUT2D eigenvalue weighted by Crippen LogP contribution is 2.27. The van der Waals surface area contributed by atoms with Gasteiger partial charge in [0.2, 0.25) is 5.91 Å². The molecule has 0 atom stereocenters. The predicted molar refractivity (Wildman–Crippen MR) is 163 cm³/mol. The van der Waals surface area contributed by atoms with E-state index in [9.17, 15) is 22.8 Å². The number of amides is 2. The zero-order chi connectivity index (χ0) is 31.4. The van der Waals surface area contributed by atoms with Crippen LogP contribution >= 0.6 is 0 Å². The van der Waals surface area contributed by atoms with Crippen LogP contribution in [0.3, 0.4) is 0 Å². The molecule has 0 fully saturated rings. The average molecular weight is 605 g/mol. The Balaban J connectivity index is 1.22. The van der Waals surface area contributed by atoms with Gasteiger partial charge in [-0.3, -0.25) is 9.59 Å². The summed E-state index contributed by atoms with van der Waals surface area (Å²) >= 11 is 0. The van der Waals surface area contributed by atoms with Crippen LogP contribution < -0.4 is 4.90 Å². The molecule has 2 aromatic heterocycles. The minimum atomic E-state index is -4.34. The van der Waals surface area contributed by atoms with Gasteiger partial charge in [-0.2, -0.15) is 18.3 Å². The van der Waals surface area contributed by atoms with Crippen LogP contribution in [0.1, 0.15) is 52.1 Å². The van der Waals surface area contributed by atoms with Crippen molar-refractivity contribution in [3.63, 3.8) is 0 Å². The number of hydrogen-bond acceptors (Lipinski definition) is 5. The second-order valence-electron chi connectivity index (χ2n) is 11.2. The van der Waals surface area contributed by atoms with Crippen molar-refractivity contribution in [1.82, 2.24) is 24.4 Å². The van der Waals surface area contributed by atoms with Crippen LogP contribution in [-0.2, 0) is 17.8 Å². The van der Waals surface area contributed by atoms with E-state index in [2.05, 4.69) is 5.10 Å². The van der Waals surface area contributed by atoms with Gasteiger partial charge in [-0.15, -0.1) is 0 Å². The number of aromatic nitrogens is 3. The first-order valence-corrected chi connectivity index (χ1v) is 14.5. The molecular weight excluding hydrogens is 569 g/mol. The van der Waals surface area contributed by atoms with Gasteiger partial charge in [0.05, 0.1) is 6.42 Å². The van der Waals surface area contributed by atoms with E-state index in [0.717, 1.165) is 28.0 Å². The van der Waals surface area contributed by atoms with Crippen LogP contribution in [-0.4, -0.2) is 76.6 Å². The van der Waals surface area contributed by atoms with Gasteiger partial charge in [-0.05, 0) is 59.5 Å². The van der Waals surface area contributed by atoms with Crippen LogP contribution in [0.25, 0.3) is 11.2 Å². The minimum Gasteiger partial charge on any atom is -0.378 e. The smallest absolute Gasteiger partial charge is 0.378 e. The lowest BCUT2D eigenvalue weighted by atomic mass is 10.00. The van der Waals surface area contributed by atoms with Crippen molar-refractivity contribution >= 4 is 28.7 Å². The maximum Gasteiger partial charge on any atom is 0.389 e. The summed E-state index contributed by atoms with van der Waals surface area (Å²) in [6.07, 6.45) is -1.30. The Morgan fingerprint density at radius 3 is 2.30 bits per heavy atom. The Morgan fingerprint density at radius 1 is 0.955 bits per heavy atom. The number of anilines is 1. The van der Waals surface area contributed by atoms with Crippen LogP contribution in [0.15, 0.2) is 72.9 Å². The predicted octanol–water partition coefficient (Wildman–Crippen LogP) is 5.62. The first-order chi connectivity index (χ1) is 21.0. The number of alkyl halides is 3. The molecule has 2 aromatic carbocycles. The average Bonchev–Trinajstić information content (AvgIpc) is 3.42. The van der Waals surface area contributed by atoms with Gasteiger partial charge >= 0.3 is 6.18 Å². The lowest BCUT2D eigenvalue weighted by Crippen LogP contribution is -2.35. The van der Waals surface area contributed by atoms with E-state index in [1.54, 1.807) is 16.5 Å². The van der Waals surface area contributed by atoms with E-state index >= 15 is 0 Å². The van der Waals surface area contributed by atoms with Gasteiger partial charge in [0.15, 0.2) is 11.5 Å². The molecule has 1 aliphatic rings. The van der Waals surface area contributed by atoms with Gasteiger partial charge in [0.1, 0.15) is 0 Å². The SMILES string of the molecule is CN(Cc1ccc(N(C)C)cc1)C(=O)c1ccc(Cc2nc3c(C4=CCN(C(=O)CCC(F)(F)F)CC4)cccn3n2)cc1. The van der Waals surface area contributed by atoms with Crippen molar-refractivity contribution in [3.05, 3.63) is 101 Å². The number of fused-ring (bicyclic) bond motifs is 1. The Morgan fingerprint density at radius 2 is 1.66 bits per heavy atom. The summed E-state index contributed by atoms with van der Waals surface area (Å²) < 4.78 is 39.3. The number of benzene rings is 2. The molecule has 11 heteroatoms. The van der Waals surface area contributed by atoms with Crippen molar-refractivity contribution in [1.29, 1.82) is 0 Å². The fourth-order valence-electron chi connectivity index (χ4n) is 5.24. The monoisotopic (exact) mass is 604 g/mol. The molecule has 0 spiro atoms. The molecule has 230 valence electrons. The van der Waals surface area contributed by atoms with E-state index in [0.29, 0.717) is 43.0 Å². The van der Waals surface area contributed by atoms with Crippen molar-refractivity contribution < 1.29 is 22.8 Å². The van der Waals surface area contributed by atoms with E-state index in [1.807, 2.05) is 91.9 Å². The van der Waals surface area contributed by atoms with Crippen LogP contribution in [0.4, 0.5) is 18.9 Å². The zero-order valence-corrected chi connectivity index (χ0v) is 25.0. The van der Waals surface area contributed by atoms with Crippen molar-refractivity contribution in [2.75, 3.05) is 39.1 Å². The normalized spacial score (nSPS) is 13.6. The maximum atomic E-state index is 13.0. The molecule has 0 unspecified atom stereocenters. The quantitative estimate of drug-likeness (QED) is 0.248. The Kier molecular flexibility index (Phi) is 9.03. The Hall–Kier alpha value is -4.67. The number of halogens is 3. The first kappa shape index (κ1) is 30.8. The summed E-state index contributed by atoms with van der Waals surface area (Å²) in [5, 5.41) is 4.63. The number of pyridine rings is 1. The van der Waals surface area contributed by atoms with E-state index in [1.165, 1.54) is 4.90 Å². The molecule has 0 saturated heterocycles. The van der Waals surface area contributed by atoms with Crippen LogP contribution in [0.5, 0.6) is 0 Å². The molecular formula is C33H35F3N6O2. The maximum absolute atomic E-state index is 13.0. The zero-order valence-electron chi connectivity index (χ0n) is 25.0. The summed E-state index contributed by atoms with van der Waals surface area (Å²) in [4.78, 5) is 35.2. The first-order valence-electron chi connectivity index (χ1n) is 14.5. The molecule has 0 saturated carbocycles. The molecule has 44 heavy (non-hydrogen) atoms.